The number of benzene rings is 1. The van der Waals surface area contributed by atoms with E-state index in [-0.39, 0.29) is 5.91 Å². The predicted molar refractivity (Wildman–Crippen MR) is 84.6 cm³/mol. The zero-order valence-electron chi connectivity index (χ0n) is 12.3. The van der Waals surface area contributed by atoms with Gasteiger partial charge < -0.3 is 9.88 Å². The van der Waals surface area contributed by atoms with Crippen molar-refractivity contribution in [2.24, 2.45) is 5.92 Å². The molecule has 0 unspecified atom stereocenters. The number of rotatable bonds is 3. The molecule has 1 N–H and O–H groups in total. The van der Waals surface area contributed by atoms with Crippen LogP contribution in [-0.2, 0) is 11.2 Å². The summed E-state index contributed by atoms with van der Waals surface area (Å²) in [5.41, 5.74) is 4.62. The molecule has 0 spiro atoms. The van der Waals surface area contributed by atoms with Crippen molar-refractivity contribution >= 4 is 23.4 Å². The minimum atomic E-state index is 0.105. The Bertz CT molecular complexity index is 684. The lowest BCUT2D eigenvalue weighted by molar-refractivity contribution is -0.116. The fraction of sp³-hybridized carbons (Fsp3) is 0.294. The number of hydrogen-bond donors (Lipinski definition) is 1. The van der Waals surface area contributed by atoms with Gasteiger partial charge in [0.05, 0.1) is 6.33 Å². The van der Waals surface area contributed by atoms with E-state index in [4.69, 9.17) is 0 Å². The summed E-state index contributed by atoms with van der Waals surface area (Å²) in [6, 6.07) is 6.27. The molecule has 108 valence electrons. The topological polar surface area (TPSA) is 46.9 Å². The lowest BCUT2D eigenvalue weighted by atomic mass is 9.92. The van der Waals surface area contributed by atoms with Crippen LogP contribution in [0.3, 0.4) is 0 Å². The van der Waals surface area contributed by atoms with Gasteiger partial charge in [0.15, 0.2) is 0 Å². The Morgan fingerprint density at radius 1 is 1.38 bits per heavy atom. The zero-order valence-corrected chi connectivity index (χ0v) is 12.3. The minimum Gasteiger partial charge on any atom is -0.326 e. The summed E-state index contributed by atoms with van der Waals surface area (Å²) in [5.74, 6) is 0.511. The van der Waals surface area contributed by atoms with Crippen molar-refractivity contribution in [1.82, 2.24) is 9.55 Å². The highest BCUT2D eigenvalue weighted by Crippen LogP contribution is 2.30. The van der Waals surface area contributed by atoms with Crippen LogP contribution in [0.4, 0.5) is 5.69 Å². The molecule has 1 aromatic carbocycles. The average molecular weight is 281 g/mol. The van der Waals surface area contributed by atoms with Crippen LogP contribution in [0.2, 0.25) is 0 Å². The number of carbonyl (C=O) groups excluding carboxylic acids is 1. The number of nitrogens with zero attached hydrogens (tertiary/aromatic N) is 2. The van der Waals surface area contributed by atoms with E-state index in [9.17, 15) is 4.79 Å². The number of carbonyl (C=O) groups is 1. The van der Waals surface area contributed by atoms with Crippen molar-refractivity contribution in [2.75, 3.05) is 5.32 Å². The van der Waals surface area contributed by atoms with Gasteiger partial charge in [-0.25, -0.2) is 4.98 Å². The maximum absolute atomic E-state index is 11.4. The first kappa shape index (κ1) is 13.6. The highest BCUT2D eigenvalue weighted by atomic mass is 16.1. The van der Waals surface area contributed by atoms with Gasteiger partial charge in [0.1, 0.15) is 0 Å². The van der Waals surface area contributed by atoms with Gasteiger partial charge in [-0.05, 0) is 41.2 Å². The summed E-state index contributed by atoms with van der Waals surface area (Å²) in [4.78, 5) is 15.5. The third kappa shape index (κ3) is 2.89. The second kappa shape index (κ2) is 5.56. The van der Waals surface area contributed by atoms with Crippen LogP contribution < -0.4 is 5.32 Å². The van der Waals surface area contributed by atoms with Gasteiger partial charge in [-0.15, -0.1) is 0 Å². The molecule has 0 saturated heterocycles. The van der Waals surface area contributed by atoms with Crippen molar-refractivity contribution in [3.63, 3.8) is 0 Å². The van der Waals surface area contributed by atoms with E-state index >= 15 is 0 Å². The van der Waals surface area contributed by atoms with Gasteiger partial charge in [0, 0.05) is 30.7 Å². The van der Waals surface area contributed by atoms with Crippen molar-refractivity contribution in [2.45, 2.75) is 26.7 Å². The second-order valence-electron chi connectivity index (χ2n) is 5.67. The van der Waals surface area contributed by atoms with E-state index in [1.807, 2.05) is 16.8 Å². The van der Waals surface area contributed by atoms with Crippen LogP contribution in [-0.4, -0.2) is 15.5 Å². The third-order valence-corrected chi connectivity index (χ3v) is 3.77. The molecule has 1 aliphatic rings. The molecule has 0 saturated carbocycles. The molecule has 1 aliphatic heterocycles. The van der Waals surface area contributed by atoms with Crippen LogP contribution in [0, 0.1) is 5.92 Å². The van der Waals surface area contributed by atoms with Gasteiger partial charge in [-0.2, -0.15) is 0 Å². The van der Waals surface area contributed by atoms with Crippen LogP contribution in [0.25, 0.3) is 11.8 Å². The first-order valence-electron chi connectivity index (χ1n) is 7.26. The molecule has 0 atom stereocenters. The quantitative estimate of drug-likeness (QED) is 0.937. The van der Waals surface area contributed by atoms with Crippen LogP contribution in [0.15, 0.2) is 36.9 Å². The van der Waals surface area contributed by atoms with Gasteiger partial charge in [-0.3, -0.25) is 4.79 Å². The molecular formula is C17H19N3O. The molecule has 2 heterocycles. The number of fused-ring (bicyclic) bond motifs is 1. The summed E-state index contributed by atoms with van der Waals surface area (Å²) in [7, 11) is 0. The van der Waals surface area contributed by atoms with E-state index in [1.165, 1.54) is 16.7 Å². The molecule has 0 bridgehead atoms. The van der Waals surface area contributed by atoms with Crippen molar-refractivity contribution in [3.8, 4) is 0 Å². The SMILES string of the molecule is CC(C)C(=Cn1ccnc1)c1ccc2c(c1)CCC(=O)N2. The van der Waals surface area contributed by atoms with Gasteiger partial charge in [0.25, 0.3) is 0 Å². The fourth-order valence-electron chi connectivity index (χ4n) is 2.63. The number of anilines is 1. The maximum Gasteiger partial charge on any atom is 0.224 e. The van der Waals surface area contributed by atoms with Gasteiger partial charge in [-0.1, -0.05) is 19.9 Å². The Hall–Kier alpha value is -2.36. The van der Waals surface area contributed by atoms with Crippen molar-refractivity contribution < 1.29 is 4.79 Å². The Morgan fingerprint density at radius 2 is 2.24 bits per heavy atom. The molecule has 0 fully saturated rings. The first-order chi connectivity index (χ1) is 10.1. The number of imidazole rings is 1. The van der Waals surface area contributed by atoms with Gasteiger partial charge >= 0.3 is 0 Å². The molecule has 3 rings (SSSR count). The normalized spacial score (nSPS) is 15.0. The van der Waals surface area contributed by atoms with E-state index in [0.29, 0.717) is 12.3 Å². The molecule has 1 aromatic heterocycles. The molecule has 4 heteroatoms. The molecule has 2 aromatic rings. The van der Waals surface area contributed by atoms with Crippen LogP contribution in [0.1, 0.15) is 31.4 Å². The first-order valence-corrected chi connectivity index (χ1v) is 7.26. The Morgan fingerprint density at radius 3 is 2.95 bits per heavy atom. The fourth-order valence-corrected chi connectivity index (χ4v) is 2.63. The number of nitrogens with one attached hydrogen (secondary N) is 1. The summed E-state index contributed by atoms with van der Waals surface area (Å²) in [6.45, 7) is 4.37. The predicted octanol–water partition coefficient (Wildman–Crippen LogP) is 3.42. The van der Waals surface area contributed by atoms with Crippen molar-refractivity contribution in [3.05, 3.63) is 48.0 Å². The average Bonchev–Trinajstić information content (AvgIpc) is 2.97. The molecular weight excluding hydrogens is 262 g/mol. The molecule has 0 aliphatic carbocycles. The number of aryl methyl sites for hydroxylation is 1. The Kier molecular flexibility index (Phi) is 3.60. The van der Waals surface area contributed by atoms with E-state index in [2.05, 4.69) is 42.5 Å². The number of hydrogen-bond acceptors (Lipinski definition) is 2. The summed E-state index contributed by atoms with van der Waals surface area (Å²) in [6.07, 6.45) is 8.99. The van der Waals surface area contributed by atoms with Gasteiger partial charge in [0.2, 0.25) is 5.91 Å². The van der Waals surface area contributed by atoms with Crippen LogP contribution in [0.5, 0.6) is 0 Å². The standard InChI is InChI=1S/C17H19N3O/c1-12(2)15(10-20-8-7-18-11-20)13-3-5-16-14(9-13)4-6-17(21)19-16/h3,5,7-12H,4,6H2,1-2H3,(H,19,21). The van der Waals surface area contributed by atoms with E-state index < -0.39 is 0 Å². The van der Waals surface area contributed by atoms with E-state index in [1.54, 1.807) is 12.5 Å². The Labute approximate surface area is 124 Å². The highest BCUT2D eigenvalue weighted by Gasteiger charge is 2.16. The lowest BCUT2D eigenvalue weighted by Crippen LogP contribution is -2.19. The number of aromatic nitrogens is 2. The lowest BCUT2D eigenvalue weighted by Gasteiger charge is -2.19. The summed E-state index contributed by atoms with van der Waals surface area (Å²) < 4.78 is 1.97. The van der Waals surface area contributed by atoms with E-state index in [0.717, 1.165) is 12.1 Å². The maximum atomic E-state index is 11.4. The minimum absolute atomic E-state index is 0.105. The Balaban J connectivity index is 1.99. The molecule has 0 radical (unpaired) electrons. The van der Waals surface area contributed by atoms with Crippen LogP contribution >= 0.6 is 0 Å². The monoisotopic (exact) mass is 281 g/mol. The molecule has 4 nitrogen and oxygen atoms in total. The highest BCUT2D eigenvalue weighted by molar-refractivity contribution is 5.94. The number of allylic oxidation sites excluding steroid dienone is 1. The largest absolute Gasteiger partial charge is 0.326 e. The summed E-state index contributed by atoms with van der Waals surface area (Å²) >= 11 is 0. The third-order valence-electron chi connectivity index (χ3n) is 3.77. The zero-order chi connectivity index (χ0) is 14.8. The molecule has 1 amide bonds. The number of amides is 1. The summed E-state index contributed by atoms with van der Waals surface area (Å²) in [5, 5.41) is 2.93. The smallest absolute Gasteiger partial charge is 0.224 e. The molecule has 21 heavy (non-hydrogen) atoms. The van der Waals surface area contributed by atoms with Crippen molar-refractivity contribution in [1.29, 1.82) is 0 Å². The second-order valence-corrected chi connectivity index (χ2v) is 5.67.